The van der Waals surface area contributed by atoms with Crippen molar-refractivity contribution in [3.63, 3.8) is 0 Å². The zero-order valence-corrected chi connectivity index (χ0v) is 16.0. The van der Waals surface area contributed by atoms with Gasteiger partial charge in [-0.3, -0.25) is 4.79 Å². The normalized spacial score (nSPS) is 11.4. The van der Waals surface area contributed by atoms with Crippen molar-refractivity contribution in [2.24, 2.45) is 0 Å². The minimum Gasteiger partial charge on any atom is -0.497 e. The Kier molecular flexibility index (Phi) is 5.04. The van der Waals surface area contributed by atoms with Gasteiger partial charge in [-0.2, -0.15) is 0 Å². The predicted octanol–water partition coefficient (Wildman–Crippen LogP) is 4.03. The molecule has 1 heterocycles. The summed E-state index contributed by atoms with van der Waals surface area (Å²) in [7, 11) is 1.55. The summed E-state index contributed by atoms with van der Waals surface area (Å²) in [5.74, 6) is 0.380. The highest BCUT2D eigenvalue weighted by atomic mass is 16.5. The maximum atomic E-state index is 12.5. The Morgan fingerprint density at radius 2 is 1.89 bits per heavy atom. The number of carbonyl (C=O) groups is 1. The average molecular weight is 365 g/mol. The van der Waals surface area contributed by atoms with Gasteiger partial charge in [0.2, 0.25) is 0 Å². The van der Waals surface area contributed by atoms with Gasteiger partial charge in [-0.15, -0.1) is 0 Å². The molecule has 27 heavy (non-hydrogen) atoms. The highest BCUT2D eigenvalue weighted by Crippen LogP contribution is 2.27. The summed E-state index contributed by atoms with van der Waals surface area (Å²) in [6, 6.07) is 14.1. The van der Waals surface area contributed by atoms with E-state index < -0.39 is 5.63 Å². The number of amides is 1. The number of rotatable bonds is 4. The van der Waals surface area contributed by atoms with E-state index in [0.717, 1.165) is 16.5 Å². The highest BCUT2D eigenvalue weighted by molar-refractivity contribution is 5.94. The van der Waals surface area contributed by atoms with Crippen LogP contribution in [0.4, 0.5) is 0 Å². The largest absolute Gasteiger partial charge is 0.497 e. The number of hydrogen-bond acceptors (Lipinski definition) is 4. The molecule has 3 aromatic rings. The number of methoxy groups -OCH3 is 1. The van der Waals surface area contributed by atoms with Crippen molar-refractivity contribution in [3.8, 4) is 5.75 Å². The molecule has 5 heteroatoms. The lowest BCUT2D eigenvalue weighted by molar-refractivity contribution is 0.0950. The van der Waals surface area contributed by atoms with Crippen LogP contribution in [0.2, 0.25) is 0 Å². The first-order chi connectivity index (χ1) is 12.8. The van der Waals surface area contributed by atoms with Crippen molar-refractivity contribution in [2.75, 3.05) is 7.11 Å². The van der Waals surface area contributed by atoms with Gasteiger partial charge in [0.25, 0.3) is 5.91 Å². The van der Waals surface area contributed by atoms with Crippen LogP contribution in [-0.2, 0) is 12.0 Å². The predicted molar refractivity (Wildman–Crippen MR) is 105 cm³/mol. The second-order valence-electron chi connectivity index (χ2n) is 7.47. The smallest absolute Gasteiger partial charge is 0.336 e. The molecule has 3 rings (SSSR count). The van der Waals surface area contributed by atoms with Crippen LogP contribution < -0.4 is 15.7 Å². The lowest BCUT2D eigenvalue weighted by Gasteiger charge is -2.19. The minimum absolute atomic E-state index is 0.0363. The first kappa shape index (κ1) is 18.7. The highest BCUT2D eigenvalue weighted by Gasteiger charge is 2.16. The summed E-state index contributed by atoms with van der Waals surface area (Å²) in [6.45, 7) is 6.60. The van der Waals surface area contributed by atoms with Crippen LogP contribution >= 0.6 is 0 Å². The second kappa shape index (κ2) is 7.27. The van der Waals surface area contributed by atoms with Gasteiger partial charge in [-0.05, 0) is 46.9 Å². The van der Waals surface area contributed by atoms with E-state index in [9.17, 15) is 9.59 Å². The molecule has 140 valence electrons. The van der Waals surface area contributed by atoms with Gasteiger partial charge in [0.1, 0.15) is 11.3 Å². The topological polar surface area (TPSA) is 68.5 Å². The Bertz CT molecular complexity index is 1040. The summed E-state index contributed by atoms with van der Waals surface area (Å²) >= 11 is 0. The maximum Gasteiger partial charge on any atom is 0.336 e. The molecule has 0 aliphatic carbocycles. The van der Waals surface area contributed by atoms with Gasteiger partial charge in [-0.1, -0.05) is 32.9 Å². The zero-order valence-electron chi connectivity index (χ0n) is 16.0. The molecule has 0 bridgehead atoms. The number of benzene rings is 2. The number of carbonyl (C=O) groups excluding carboxylic acids is 1. The molecule has 5 nitrogen and oxygen atoms in total. The molecule has 0 saturated heterocycles. The van der Waals surface area contributed by atoms with Crippen LogP contribution in [0.25, 0.3) is 11.0 Å². The molecule has 0 radical (unpaired) electrons. The molecule has 1 aromatic heterocycles. The van der Waals surface area contributed by atoms with Crippen LogP contribution in [0.15, 0.2) is 57.7 Å². The quantitative estimate of drug-likeness (QED) is 0.709. The van der Waals surface area contributed by atoms with Crippen molar-refractivity contribution in [1.29, 1.82) is 0 Å². The summed E-state index contributed by atoms with van der Waals surface area (Å²) in [5, 5.41) is 3.70. The van der Waals surface area contributed by atoms with E-state index in [4.69, 9.17) is 9.15 Å². The van der Waals surface area contributed by atoms with E-state index in [-0.39, 0.29) is 17.9 Å². The molecule has 0 spiro atoms. The van der Waals surface area contributed by atoms with Crippen molar-refractivity contribution in [3.05, 3.63) is 75.6 Å². The minimum atomic E-state index is -0.434. The van der Waals surface area contributed by atoms with Gasteiger partial charge >= 0.3 is 5.63 Å². The maximum absolute atomic E-state index is 12.5. The summed E-state index contributed by atoms with van der Waals surface area (Å²) in [6.07, 6.45) is 0. The lowest BCUT2D eigenvalue weighted by atomic mass is 9.86. The molecular formula is C22H23NO4. The number of fused-ring (bicyclic) bond motifs is 1. The van der Waals surface area contributed by atoms with Crippen LogP contribution in [0.1, 0.15) is 42.3 Å². The first-order valence-electron chi connectivity index (χ1n) is 8.77. The van der Waals surface area contributed by atoms with E-state index in [2.05, 4.69) is 26.1 Å². The molecular weight excluding hydrogens is 342 g/mol. The Labute approximate surface area is 158 Å². The van der Waals surface area contributed by atoms with Crippen molar-refractivity contribution in [2.45, 2.75) is 32.7 Å². The molecule has 0 fully saturated rings. The summed E-state index contributed by atoms with van der Waals surface area (Å²) < 4.78 is 10.5. The third kappa shape index (κ3) is 4.19. The van der Waals surface area contributed by atoms with Gasteiger partial charge in [0.05, 0.1) is 7.11 Å². The van der Waals surface area contributed by atoms with E-state index >= 15 is 0 Å². The van der Waals surface area contributed by atoms with E-state index in [1.807, 2.05) is 18.2 Å². The summed E-state index contributed by atoms with van der Waals surface area (Å²) in [5.41, 5.74) is 2.40. The van der Waals surface area contributed by atoms with Gasteiger partial charge < -0.3 is 14.5 Å². The van der Waals surface area contributed by atoms with E-state index in [1.165, 1.54) is 6.07 Å². The lowest BCUT2D eigenvalue weighted by Crippen LogP contribution is -2.23. The molecule has 0 unspecified atom stereocenters. The fourth-order valence-electron chi connectivity index (χ4n) is 2.88. The Morgan fingerprint density at radius 3 is 2.59 bits per heavy atom. The van der Waals surface area contributed by atoms with Crippen LogP contribution in [0, 0.1) is 0 Å². The van der Waals surface area contributed by atoms with E-state index in [0.29, 0.717) is 16.9 Å². The molecule has 2 aromatic carbocycles. The van der Waals surface area contributed by atoms with Crippen LogP contribution in [0.5, 0.6) is 5.75 Å². The molecule has 0 atom stereocenters. The number of hydrogen-bond donors (Lipinski definition) is 1. The third-order valence-corrected chi connectivity index (χ3v) is 4.47. The van der Waals surface area contributed by atoms with E-state index in [1.54, 1.807) is 31.4 Å². The molecule has 0 saturated carbocycles. The zero-order chi connectivity index (χ0) is 19.6. The van der Waals surface area contributed by atoms with Crippen molar-refractivity contribution in [1.82, 2.24) is 5.32 Å². The number of nitrogens with one attached hydrogen (secondary N) is 1. The second-order valence-corrected chi connectivity index (χ2v) is 7.47. The monoisotopic (exact) mass is 365 g/mol. The van der Waals surface area contributed by atoms with Crippen LogP contribution in [-0.4, -0.2) is 13.0 Å². The number of ether oxygens (including phenoxy) is 1. The van der Waals surface area contributed by atoms with Gasteiger partial charge in [0.15, 0.2) is 0 Å². The fraction of sp³-hybridized carbons (Fsp3) is 0.273. The standard InChI is InChI=1S/C22H23NO4/c1-22(2,3)16-8-9-19-18(12-16)15(11-20(24)27-19)13-23-21(25)14-6-5-7-17(10-14)26-4/h5-12H,13H2,1-4H3,(H,23,25). The Balaban J connectivity index is 1.91. The Morgan fingerprint density at radius 1 is 1.11 bits per heavy atom. The van der Waals surface area contributed by atoms with Gasteiger partial charge in [-0.25, -0.2) is 4.79 Å². The molecule has 0 aliphatic heterocycles. The molecule has 1 N–H and O–H groups in total. The third-order valence-electron chi connectivity index (χ3n) is 4.47. The molecule has 1 amide bonds. The first-order valence-corrected chi connectivity index (χ1v) is 8.77. The van der Waals surface area contributed by atoms with Crippen LogP contribution in [0.3, 0.4) is 0 Å². The average Bonchev–Trinajstić information content (AvgIpc) is 2.64. The fourth-order valence-corrected chi connectivity index (χ4v) is 2.88. The van der Waals surface area contributed by atoms with Gasteiger partial charge in [0, 0.05) is 23.6 Å². The summed E-state index contributed by atoms with van der Waals surface area (Å²) in [4.78, 5) is 24.4. The van der Waals surface area contributed by atoms with Crippen molar-refractivity contribution >= 4 is 16.9 Å². The SMILES string of the molecule is COc1cccc(C(=O)NCc2cc(=O)oc3ccc(C(C)(C)C)cc23)c1. The Hall–Kier alpha value is -3.08. The van der Waals surface area contributed by atoms with Crippen molar-refractivity contribution < 1.29 is 13.9 Å². The molecule has 0 aliphatic rings.